The third-order valence-corrected chi connectivity index (χ3v) is 2.78. The molecule has 94 valence electrons. The van der Waals surface area contributed by atoms with Gasteiger partial charge in [0, 0.05) is 19.3 Å². The molecule has 0 aromatic carbocycles. The highest BCUT2D eigenvalue weighted by Gasteiger charge is 2.33. The molecule has 2 rings (SSSR count). The van der Waals surface area contributed by atoms with E-state index < -0.39 is 5.60 Å². The Morgan fingerprint density at radius 3 is 3.06 bits per heavy atom. The van der Waals surface area contributed by atoms with Crippen LogP contribution in [-0.2, 0) is 4.74 Å². The molecule has 1 aliphatic heterocycles. The van der Waals surface area contributed by atoms with Crippen molar-refractivity contribution in [2.75, 3.05) is 24.6 Å². The lowest BCUT2D eigenvalue weighted by molar-refractivity contribution is -0.101. The van der Waals surface area contributed by atoms with Gasteiger partial charge in [0.2, 0.25) is 0 Å². The van der Waals surface area contributed by atoms with Gasteiger partial charge in [0.05, 0.1) is 30.2 Å². The lowest BCUT2D eigenvalue weighted by Gasteiger charge is -2.43. The molecule has 1 unspecified atom stereocenters. The van der Waals surface area contributed by atoms with E-state index >= 15 is 0 Å². The summed E-state index contributed by atoms with van der Waals surface area (Å²) in [6, 6.07) is 1.64. The molecule has 0 aliphatic carbocycles. The quantitative estimate of drug-likeness (QED) is 0.843. The van der Waals surface area contributed by atoms with E-state index in [-0.39, 0.29) is 18.5 Å². The molecule has 0 amide bonds. The third-order valence-electron chi connectivity index (χ3n) is 2.78. The van der Waals surface area contributed by atoms with Gasteiger partial charge in [-0.2, -0.15) is 0 Å². The molecule has 1 fully saturated rings. The molecule has 1 saturated heterocycles. The van der Waals surface area contributed by atoms with E-state index in [1.807, 2.05) is 18.7 Å². The average molecular weight is 240 g/mol. The van der Waals surface area contributed by atoms with Gasteiger partial charge in [-0.25, -0.2) is 4.39 Å². The van der Waals surface area contributed by atoms with E-state index in [1.165, 1.54) is 6.20 Å². The normalized spacial score (nSPS) is 23.8. The molecule has 17 heavy (non-hydrogen) atoms. The van der Waals surface area contributed by atoms with Crippen LogP contribution < -0.4 is 4.90 Å². The van der Waals surface area contributed by atoms with Crippen LogP contribution in [0.3, 0.4) is 0 Å². The van der Waals surface area contributed by atoms with Crippen LogP contribution in [0.5, 0.6) is 0 Å². The largest absolute Gasteiger partial charge is 0.394 e. The van der Waals surface area contributed by atoms with Gasteiger partial charge in [0.1, 0.15) is 0 Å². The van der Waals surface area contributed by atoms with Gasteiger partial charge in [-0.3, -0.25) is 4.98 Å². The monoisotopic (exact) mass is 240 g/mol. The van der Waals surface area contributed by atoms with Crippen molar-refractivity contribution >= 4 is 5.69 Å². The first-order valence-corrected chi connectivity index (χ1v) is 5.65. The van der Waals surface area contributed by atoms with Gasteiger partial charge in [0.25, 0.3) is 0 Å². The maximum absolute atomic E-state index is 13.6. The molecule has 1 N–H and O–H groups in total. The fourth-order valence-electron chi connectivity index (χ4n) is 2.20. The molecule has 2 heterocycles. The number of hydrogen-bond donors (Lipinski definition) is 1. The molecule has 5 heteroatoms. The standard InChI is InChI=1S/C12H17FN2O2/c1-12(2)8-15(6-9(7-16)17-12)11-3-4-14-5-10(11)13/h3-5,9,16H,6-8H2,1-2H3. The minimum Gasteiger partial charge on any atom is -0.394 e. The number of nitrogens with zero attached hydrogens (tertiary/aromatic N) is 2. The summed E-state index contributed by atoms with van der Waals surface area (Å²) < 4.78 is 19.3. The van der Waals surface area contributed by atoms with E-state index in [4.69, 9.17) is 4.74 Å². The fourth-order valence-corrected chi connectivity index (χ4v) is 2.20. The lowest BCUT2D eigenvalue weighted by atomic mass is 10.0. The van der Waals surface area contributed by atoms with Crippen molar-refractivity contribution in [2.24, 2.45) is 0 Å². The maximum atomic E-state index is 13.6. The highest BCUT2D eigenvalue weighted by molar-refractivity contribution is 5.47. The molecule has 1 atom stereocenters. The van der Waals surface area contributed by atoms with Crippen LogP contribution in [0, 0.1) is 5.82 Å². The molecule has 1 aromatic heterocycles. The summed E-state index contributed by atoms with van der Waals surface area (Å²) in [5.41, 5.74) is 0.108. The molecule has 0 bridgehead atoms. The van der Waals surface area contributed by atoms with E-state index in [2.05, 4.69) is 4.98 Å². The highest BCUT2D eigenvalue weighted by atomic mass is 19.1. The first-order chi connectivity index (χ1) is 8.02. The van der Waals surface area contributed by atoms with E-state index in [0.717, 1.165) is 0 Å². The third kappa shape index (κ3) is 2.73. The Labute approximate surface area is 100 Å². The maximum Gasteiger partial charge on any atom is 0.164 e. The van der Waals surface area contributed by atoms with Crippen molar-refractivity contribution in [2.45, 2.75) is 25.6 Å². The Kier molecular flexibility index (Phi) is 3.31. The van der Waals surface area contributed by atoms with Crippen LogP contribution in [0.25, 0.3) is 0 Å². The highest BCUT2D eigenvalue weighted by Crippen LogP contribution is 2.27. The van der Waals surface area contributed by atoms with Crippen molar-refractivity contribution in [1.29, 1.82) is 0 Å². The first-order valence-electron chi connectivity index (χ1n) is 5.65. The number of ether oxygens (including phenoxy) is 1. The molecule has 0 saturated carbocycles. The van der Waals surface area contributed by atoms with Gasteiger partial charge in [0.15, 0.2) is 5.82 Å². The second-order valence-corrected chi connectivity index (χ2v) is 4.89. The number of morpholine rings is 1. The van der Waals surface area contributed by atoms with Crippen molar-refractivity contribution in [3.05, 3.63) is 24.3 Å². The number of aromatic nitrogens is 1. The second-order valence-electron chi connectivity index (χ2n) is 4.89. The van der Waals surface area contributed by atoms with Crippen LogP contribution in [0.15, 0.2) is 18.5 Å². The number of rotatable bonds is 2. The van der Waals surface area contributed by atoms with E-state index in [9.17, 15) is 9.50 Å². The Bertz CT molecular complexity index is 398. The summed E-state index contributed by atoms with van der Waals surface area (Å²) in [5.74, 6) is -0.345. The van der Waals surface area contributed by atoms with Crippen LogP contribution in [-0.4, -0.2) is 41.5 Å². The molecule has 0 radical (unpaired) electrons. The molecule has 0 spiro atoms. The summed E-state index contributed by atoms with van der Waals surface area (Å²) in [6.45, 7) is 4.87. The molecule has 1 aliphatic rings. The summed E-state index contributed by atoms with van der Waals surface area (Å²) in [4.78, 5) is 5.62. The van der Waals surface area contributed by atoms with Gasteiger partial charge in [-0.05, 0) is 19.9 Å². The van der Waals surface area contributed by atoms with E-state index in [0.29, 0.717) is 18.8 Å². The minimum atomic E-state index is -0.401. The van der Waals surface area contributed by atoms with Crippen LogP contribution in [0.1, 0.15) is 13.8 Å². The number of aliphatic hydroxyl groups excluding tert-OH is 1. The SMILES string of the molecule is CC1(C)CN(c2ccncc2F)CC(CO)O1. The van der Waals surface area contributed by atoms with Crippen LogP contribution >= 0.6 is 0 Å². The Hall–Kier alpha value is -1.20. The van der Waals surface area contributed by atoms with Gasteiger partial charge >= 0.3 is 0 Å². The fraction of sp³-hybridized carbons (Fsp3) is 0.583. The average Bonchev–Trinajstić information content (AvgIpc) is 2.27. The van der Waals surface area contributed by atoms with Crippen molar-refractivity contribution in [3.8, 4) is 0 Å². The predicted molar refractivity (Wildman–Crippen MR) is 62.4 cm³/mol. The Morgan fingerprint density at radius 2 is 2.41 bits per heavy atom. The minimum absolute atomic E-state index is 0.0629. The zero-order valence-electron chi connectivity index (χ0n) is 10.1. The number of hydrogen-bond acceptors (Lipinski definition) is 4. The van der Waals surface area contributed by atoms with Gasteiger partial charge in [-0.15, -0.1) is 0 Å². The summed E-state index contributed by atoms with van der Waals surface area (Å²) in [5, 5.41) is 9.20. The zero-order chi connectivity index (χ0) is 12.5. The molecule has 1 aromatic rings. The predicted octanol–water partition coefficient (Wildman–Crippen LogP) is 1.20. The summed E-state index contributed by atoms with van der Waals surface area (Å²) >= 11 is 0. The lowest BCUT2D eigenvalue weighted by Crippen LogP contribution is -2.54. The second kappa shape index (κ2) is 4.58. The molecule has 4 nitrogen and oxygen atoms in total. The Balaban J connectivity index is 2.24. The van der Waals surface area contributed by atoms with Crippen LogP contribution in [0.4, 0.5) is 10.1 Å². The van der Waals surface area contributed by atoms with Crippen molar-refractivity contribution < 1.29 is 14.2 Å². The smallest absolute Gasteiger partial charge is 0.164 e. The van der Waals surface area contributed by atoms with E-state index in [1.54, 1.807) is 12.3 Å². The summed E-state index contributed by atoms with van der Waals surface area (Å²) in [7, 11) is 0. The van der Waals surface area contributed by atoms with Crippen molar-refractivity contribution in [3.63, 3.8) is 0 Å². The number of aliphatic hydroxyl groups is 1. The Morgan fingerprint density at radius 1 is 1.65 bits per heavy atom. The summed E-state index contributed by atoms with van der Waals surface area (Å²) in [6.07, 6.45) is 2.48. The van der Waals surface area contributed by atoms with Gasteiger partial charge in [-0.1, -0.05) is 0 Å². The van der Waals surface area contributed by atoms with Crippen molar-refractivity contribution in [1.82, 2.24) is 4.98 Å². The number of anilines is 1. The number of halogens is 1. The van der Waals surface area contributed by atoms with Crippen LogP contribution in [0.2, 0.25) is 0 Å². The molecular formula is C12H17FN2O2. The first kappa shape index (κ1) is 12.3. The number of pyridine rings is 1. The molecular weight excluding hydrogens is 223 g/mol. The zero-order valence-corrected chi connectivity index (χ0v) is 10.1. The topological polar surface area (TPSA) is 45.6 Å². The van der Waals surface area contributed by atoms with Gasteiger partial charge < -0.3 is 14.7 Å².